The van der Waals surface area contributed by atoms with Gasteiger partial charge in [0.25, 0.3) is 11.4 Å². The van der Waals surface area contributed by atoms with E-state index in [9.17, 15) is 4.79 Å². The molecule has 0 spiro atoms. The fourth-order valence-corrected chi connectivity index (χ4v) is 1.42. The summed E-state index contributed by atoms with van der Waals surface area (Å²) >= 11 is 0. The molecule has 0 saturated carbocycles. The van der Waals surface area contributed by atoms with Crippen LogP contribution in [-0.4, -0.2) is 19.9 Å². The highest BCUT2D eigenvalue weighted by Crippen LogP contribution is 2.21. The molecule has 0 aromatic carbocycles. The molecule has 0 aliphatic carbocycles. The molecule has 2 rings (SSSR count). The van der Waals surface area contributed by atoms with Crippen molar-refractivity contribution in [1.29, 1.82) is 0 Å². The molecule has 0 atom stereocenters. The van der Waals surface area contributed by atoms with E-state index >= 15 is 0 Å². The Labute approximate surface area is 105 Å². The SMILES string of the molecule is CCn1nc(-c2nc(C(C)(C)C)no2)ccc1=O. The van der Waals surface area contributed by atoms with Gasteiger partial charge in [0.15, 0.2) is 5.82 Å². The van der Waals surface area contributed by atoms with Gasteiger partial charge < -0.3 is 4.52 Å². The van der Waals surface area contributed by atoms with Crippen molar-refractivity contribution in [3.05, 3.63) is 28.3 Å². The van der Waals surface area contributed by atoms with Crippen molar-refractivity contribution in [2.45, 2.75) is 39.7 Å². The van der Waals surface area contributed by atoms with Gasteiger partial charge in [0.2, 0.25) is 0 Å². The van der Waals surface area contributed by atoms with E-state index in [1.807, 2.05) is 27.7 Å². The molecule has 0 radical (unpaired) electrons. The van der Waals surface area contributed by atoms with Crippen molar-refractivity contribution in [3.63, 3.8) is 0 Å². The molecular weight excluding hydrogens is 232 g/mol. The highest BCUT2D eigenvalue weighted by molar-refractivity contribution is 5.44. The van der Waals surface area contributed by atoms with Crippen LogP contribution in [-0.2, 0) is 12.0 Å². The molecule has 2 aromatic heterocycles. The Balaban J connectivity index is 2.43. The zero-order valence-corrected chi connectivity index (χ0v) is 11.0. The maximum Gasteiger partial charge on any atom is 0.278 e. The third-order valence-electron chi connectivity index (χ3n) is 2.48. The Morgan fingerprint density at radius 1 is 1.33 bits per heavy atom. The second-order valence-corrected chi connectivity index (χ2v) is 5.05. The molecule has 2 aromatic rings. The monoisotopic (exact) mass is 248 g/mol. The van der Waals surface area contributed by atoms with E-state index in [4.69, 9.17) is 4.52 Å². The number of nitrogens with zero attached hydrogens (tertiary/aromatic N) is 4. The van der Waals surface area contributed by atoms with Crippen molar-refractivity contribution in [2.24, 2.45) is 0 Å². The number of hydrogen-bond acceptors (Lipinski definition) is 5. The summed E-state index contributed by atoms with van der Waals surface area (Å²) in [5.74, 6) is 0.954. The highest BCUT2D eigenvalue weighted by atomic mass is 16.5. The van der Waals surface area contributed by atoms with Crippen LogP contribution >= 0.6 is 0 Å². The van der Waals surface area contributed by atoms with Crippen LogP contribution in [0, 0.1) is 0 Å². The lowest BCUT2D eigenvalue weighted by atomic mass is 9.96. The lowest BCUT2D eigenvalue weighted by Gasteiger charge is -2.10. The average Bonchev–Trinajstić information content (AvgIpc) is 2.78. The van der Waals surface area contributed by atoms with Crippen LogP contribution in [0.1, 0.15) is 33.5 Å². The fourth-order valence-electron chi connectivity index (χ4n) is 1.42. The van der Waals surface area contributed by atoms with E-state index in [0.29, 0.717) is 24.0 Å². The van der Waals surface area contributed by atoms with Gasteiger partial charge >= 0.3 is 0 Å². The lowest BCUT2D eigenvalue weighted by Crippen LogP contribution is -2.21. The second-order valence-electron chi connectivity index (χ2n) is 5.05. The Morgan fingerprint density at radius 2 is 2.06 bits per heavy atom. The average molecular weight is 248 g/mol. The normalized spacial score (nSPS) is 11.8. The summed E-state index contributed by atoms with van der Waals surface area (Å²) in [7, 11) is 0. The van der Waals surface area contributed by atoms with Gasteiger partial charge in [-0.1, -0.05) is 25.9 Å². The van der Waals surface area contributed by atoms with Crippen molar-refractivity contribution in [3.8, 4) is 11.6 Å². The van der Waals surface area contributed by atoms with Gasteiger partial charge in [0.1, 0.15) is 5.69 Å². The topological polar surface area (TPSA) is 73.8 Å². The minimum Gasteiger partial charge on any atom is -0.332 e. The molecule has 0 aliphatic heterocycles. The van der Waals surface area contributed by atoms with E-state index in [2.05, 4.69) is 15.2 Å². The zero-order chi connectivity index (χ0) is 13.3. The van der Waals surface area contributed by atoms with E-state index in [1.165, 1.54) is 10.7 Å². The maximum atomic E-state index is 11.4. The second kappa shape index (κ2) is 4.36. The van der Waals surface area contributed by atoms with Gasteiger partial charge in [-0.15, -0.1) is 0 Å². The third-order valence-corrected chi connectivity index (χ3v) is 2.48. The molecule has 0 aliphatic rings. The van der Waals surface area contributed by atoms with E-state index < -0.39 is 0 Å². The molecule has 6 nitrogen and oxygen atoms in total. The van der Waals surface area contributed by atoms with Gasteiger partial charge in [-0.05, 0) is 13.0 Å². The van der Waals surface area contributed by atoms with Gasteiger partial charge in [0, 0.05) is 18.0 Å². The minimum absolute atomic E-state index is 0.142. The fraction of sp³-hybridized carbons (Fsp3) is 0.500. The number of aromatic nitrogens is 4. The first kappa shape index (κ1) is 12.5. The van der Waals surface area contributed by atoms with Crippen LogP contribution in [0.15, 0.2) is 21.5 Å². The largest absolute Gasteiger partial charge is 0.332 e. The standard InChI is InChI=1S/C12H16N4O2/c1-5-16-9(17)7-6-8(14-16)10-13-11(15-18-10)12(2,3)4/h6-7H,5H2,1-4H3. The molecule has 0 fully saturated rings. The number of hydrogen-bond donors (Lipinski definition) is 0. The Bertz CT molecular complexity index is 607. The number of aryl methyl sites for hydroxylation is 1. The smallest absolute Gasteiger partial charge is 0.278 e. The van der Waals surface area contributed by atoms with Crippen molar-refractivity contribution in [2.75, 3.05) is 0 Å². The summed E-state index contributed by atoms with van der Waals surface area (Å²) in [4.78, 5) is 15.7. The summed E-state index contributed by atoms with van der Waals surface area (Å²) in [6.07, 6.45) is 0. The van der Waals surface area contributed by atoms with Gasteiger partial charge in [-0.3, -0.25) is 4.79 Å². The van der Waals surface area contributed by atoms with Gasteiger partial charge in [-0.25, -0.2) is 4.68 Å². The zero-order valence-electron chi connectivity index (χ0n) is 11.0. The highest BCUT2D eigenvalue weighted by Gasteiger charge is 2.22. The van der Waals surface area contributed by atoms with E-state index in [1.54, 1.807) is 6.07 Å². The summed E-state index contributed by atoms with van der Waals surface area (Å²) in [6.45, 7) is 8.37. The Morgan fingerprint density at radius 3 is 2.61 bits per heavy atom. The Kier molecular flexibility index (Phi) is 3.02. The van der Waals surface area contributed by atoms with Crippen LogP contribution in [0.2, 0.25) is 0 Å². The summed E-state index contributed by atoms with van der Waals surface area (Å²) < 4.78 is 6.54. The molecule has 18 heavy (non-hydrogen) atoms. The molecule has 0 saturated heterocycles. The van der Waals surface area contributed by atoms with Crippen LogP contribution in [0.25, 0.3) is 11.6 Å². The van der Waals surface area contributed by atoms with Gasteiger partial charge in [-0.2, -0.15) is 10.1 Å². The summed E-state index contributed by atoms with van der Waals surface area (Å²) in [5, 5.41) is 8.09. The molecule has 0 bridgehead atoms. The quantitative estimate of drug-likeness (QED) is 0.807. The van der Waals surface area contributed by atoms with E-state index in [-0.39, 0.29) is 11.0 Å². The van der Waals surface area contributed by atoms with Crippen LogP contribution < -0.4 is 5.56 Å². The first-order valence-electron chi connectivity index (χ1n) is 5.84. The van der Waals surface area contributed by atoms with Crippen LogP contribution in [0.4, 0.5) is 0 Å². The third kappa shape index (κ3) is 2.32. The lowest BCUT2D eigenvalue weighted by molar-refractivity contribution is 0.400. The van der Waals surface area contributed by atoms with Crippen LogP contribution in [0.5, 0.6) is 0 Å². The molecule has 96 valence electrons. The first-order chi connectivity index (χ1) is 8.41. The first-order valence-corrected chi connectivity index (χ1v) is 5.84. The molecule has 0 N–H and O–H groups in total. The molecular formula is C12H16N4O2. The number of rotatable bonds is 2. The van der Waals surface area contributed by atoms with Gasteiger partial charge in [0.05, 0.1) is 0 Å². The van der Waals surface area contributed by atoms with Crippen molar-refractivity contribution < 1.29 is 4.52 Å². The predicted octanol–water partition coefficient (Wildman–Crippen LogP) is 1.61. The molecule has 6 heteroatoms. The minimum atomic E-state index is -0.180. The predicted molar refractivity (Wildman–Crippen MR) is 66.2 cm³/mol. The Hall–Kier alpha value is -1.98. The molecule has 0 amide bonds. The van der Waals surface area contributed by atoms with Crippen molar-refractivity contribution >= 4 is 0 Å². The van der Waals surface area contributed by atoms with E-state index in [0.717, 1.165) is 0 Å². The summed E-state index contributed by atoms with van der Waals surface area (Å²) in [5.41, 5.74) is 0.192. The van der Waals surface area contributed by atoms with Crippen molar-refractivity contribution in [1.82, 2.24) is 19.9 Å². The summed E-state index contributed by atoms with van der Waals surface area (Å²) in [6, 6.07) is 3.04. The maximum absolute atomic E-state index is 11.4. The van der Waals surface area contributed by atoms with Crippen LogP contribution in [0.3, 0.4) is 0 Å². The molecule has 2 heterocycles. The molecule has 0 unspecified atom stereocenters.